The number of nitrogens with zero attached hydrogens (tertiary/aromatic N) is 3. The van der Waals surface area contributed by atoms with Crippen LogP contribution in [0.3, 0.4) is 0 Å². The number of carbonyl (C=O) groups excluding carboxylic acids is 1. The second-order valence-electron chi connectivity index (χ2n) is 7.83. The second-order valence-corrected chi connectivity index (χ2v) is 7.83. The van der Waals surface area contributed by atoms with Crippen LogP contribution >= 0.6 is 0 Å². The van der Waals surface area contributed by atoms with Gasteiger partial charge in [-0.2, -0.15) is 0 Å². The summed E-state index contributed by atoms with van der Waals surface area (Å²) in [7, 11) is 0. The minimum absolute atomic E-state index is 0.00815. The number of carbonyl (C=O) groups is 1. The SMILES string of the molecule is O=C(CN1CCN(c2ccccc2F)CC1)Nc1ccccc1N1CCCCC1. The van der Waals surface area contributed by atoms with Gasteiger partial charge in [0.15, 0.2) is 0 Å². The fourth-order valence-corrected chi connectivity index (χ4v) is 4.24. The maximum absolute atomic E-state index is 14.0. The highest BCUT2D eigenvalue weighted by Gasteiger charge is 2.22. The van der Waals surface area contributed by atoms with Crippen molar-refractivity contribution >= 4 is 23.0 Å². The third-order valence-electron chi connectivity index (χ3n) is 5.81. The molecule has 2 saturated heterocycles. The molecule has 0 radical (unpaired) electrons. The molecule has 1 amide bonds. The Morgan fingerprint density at radius 2 is 1.41 bits per heavy atom. The predicted octanol–water partition coefficient (Wildman–Crippen LogP) is 3.58. The van der Waals surface area contributed by atoms with Crippen LogP contribution in [0.1, 0.15) is 19.3 Å². The first-order valence-corrected chi connectivity index (χ1v) is 10.6. The molecule has 0 unspecified atom stereocenters. The number of amides is 1. The van der Waals surface area contributed by atoms with Gasteiger partial charge in [-0.15, -0.1) is 0 Å². The number of hydrogen-bond acceptors (Lipinski definition) is 4. The average molecular weight is 397 g/mol. The van der Waals surface area contributed by atoms with Crippen LogP contribution in [0.2, 0.25) is 0 Å². The highest BCUT2D eigenvalue weighted by atomic mass is 19.1. The molecular formula is C23H29FN4O. The highest BCUT2D eigenvalue weighted by molar-refractivity contribution is 5.95. The Kier molecular flexibility index (Phi) is 6.30. The highest BCUT2D eigenvalue weighted by Crippen LogP contribution is 2.28. The molecule has 0 saturated carbocycles. The Labute approximate surface area is 172 Å². The van der Waals surface area contributed by atoms with E-state index in [1.54, 1.807) is 6.07 Å². The van der Waals surface area contributed by atoms with E-state index in [2.05, 4.69) is 26.1 Å². The van der Waals surface area contributed by atoms with Crippen LogP contribution in [0.25, 0.3) is 0 Å². The molecule has 0 bridgehead atoms. The summed E-state index contributed by atoms with van der Waals surface area (Å²) in [6, 6.07) is 15.0. The first-order chi connectivity index (χ1) is 14.2. The van der Waals surface area contributed by atoms with E-state index in [9.17, 15) is 9.18 Å². The van der Waals surface area contributed by atoms with Crippen LogP contribution in [0.4, 0.5) is 21.5 Å². The third kappa shape index (κ3) is 4.88. The van der Waals surface area contributed by atoms with E-state index in [4.69, 9.17) is 0 Å². The fourth-order valence-electron chi connectivity index (χ4n) is 4.24. The van der Waals surface area contributed by atoms with E-state index >= 15 is 0 Å². The Bertz CT molecular complexity index is 829. The lowest BCUT2D eigenvalue weighted by atomic mass is 10.1. The smallest absolute Gasteiger partial charge is 0.238 e. The van der Waals surface area contributed by atoms with Crippen LogP contribution in [-0.2, 0) is 4.79 Å². The number of para-hydroxylation sites is 3. The zero-order valence-electron chi connectivity index (χ0n) is 16.8. The van der Waals surface area contributed by atoms with Crippen molar-refractivity contribution < 1.29 is 9.18 Å². The summed E-state index contributed by atoms with van der Waals surface area (Å²) in [4.78, 5) is 19.2. The van der Waals surface area contributed by atoms with Gasteiger partial charge in [-0.1, -0.05) is 24.3 Å². The van der Waals surface area contributed by atoms with Crippen molar-refractivity contribution in [3.63, 3.8) is 0 Å². The van der Waals surface area contributed by atoms with Crippen molar-refractivity contribution in [3.05, 3.63) is 54.3 Å². The first kappa shape index (κ1) is 19.7. The molecule has 4 rings (SSSR count). The lowest BCUT2D eigenvalue weighted by molar-refractivity contribution is -0.117. The van der Waals surface area contributed by atoms with E-state index in [0.717, 1.165) is 50.6 Å². The van der Waals surface area contributed by atoms with E-state index in [-0.39, 0.29) is 11.7 Å². The monoisotopic (exact) mass is 396 g/mol. The summed E-state index contributed by atoms with van der Waals surface area (Å²) >= 11 is 0. The lowest BCUT2D eigenvalue weighted by Crippen LogP contribution is -2.49. The topological polar surface area (TPSA) is 38.8 Å². The molecule has 0 atom stereocenters. The molecule has 2 fully saturated rings. The van der Waals surface area contributed by atoms with Gasteiger partial charge in [0, 0.05) is 39.3 Å². The summed E-state index contributed by atoms with van der Waals surface area (Å²) in [6.07, 6.45) is 3.69. The van der Waals surface area contributed by atoms with Gasteiger partial charge >= 0.3 is 0 Å². The normalized spacial score (nSPS) is 18.0. The summed E-state index contributed by atoms with van der Waals surface area (Å²) in [5.74, 6) is -0.179. The van der Waals surface area contributed by atoms with Crippen LogP contribution < -0.4 is 15.1 Å². The zero-order valence-corrected chi connectivity index (χ0v) is 16.8. The molecule has 0 spiro atoms. The van der Waals surface area contributed by atoms with Crippen molar-refractivity contribution in [2.75, 3.05) is 60.9 Å². The van der Waals surface area contributed by atoms with Gasteiger partial charge in [0.05, 0.1) is 23.6 Å². The van der Waals surface area contributed by atoms with E-state index in [1.807, 2.05) is 30.3 Å². The maximum atomic E-state index is 14.0. The van der Waals surface area contributed by atoms with Crippen LogP contribution in [0.5, 0.6) is 0 Å². The van der Waals surface area contributed by atoms with Gasteiger partial charge in [-0.05, 0) is 43.5 Å². The first-order valence-electron chi connectivity index (χ1n) is 10.6. The van der Waals surface area contributed by atoms with Crippen LogP contribution in [-0.4, -0.2) is 56.6 Å². The minimum atomic E-state index is -0.187. The quantitative estimate of drug-likeness (QED) is 0.839. The minimum Gasteiger partial charge on any atom is -0.370 e. The number of rotatable bonds is 5. The number of piperidine rings is 1. The van der Waals surface area contributed by atoms with Gasteiger partial charge in [-0.25, -0.2) is 4.39 Å². The maximum Gasteiger partial charge on any atom is 0.238 e. The van der Waals surface area contributed by atoms with Crippen molar-refractivity contribution in [1.29, 1.82) is 0 Å². The zero-order chi connectivity index (χ0) is 20.1. The fraction of sp³-hybridized carbons (Fsp3) is 0.435. The summed E-state index contributed by atoms with van der Waals surface area (Å²) in [5.41, 5.74) is 2.65. The summed E-state index contributed by atoms with van der Waals surface area (Å²) in [6.45, 7) is 5.39. The third-order valence-corrected chi connectivity index (χ3v) is 5.81. The molecule has 29 heavy (non-hydrogen) atoms. The molecule has 2 aliphatic heterocycles. The van der Waals surface area contributed by atoms with E-state index in [1.165, 1.54) is 25.3 Å². The Balaban J connectivity index is 1.31. The standard InChI is InChI=1S/C23H29FN4O/c24-19-8-2-4-10-21(19)28-16-14-26(15-17-28)18-23(29)25-20-9-3-5-11-22(20)27-12-6-1-7-13-27/h2-5,8-11H,1,6-7,12-18H2,(H,25,29). The van der Waals surface area contributed by atoms with Gasteiger partial charge in [0.1, 0.15) is 5.82 Å². The van der Waals surface area contributed by atoms with E-state index < -0.39 is 0 Å². The number of piperazine rings is 1. The van der Waals surface area contributed by atoms with Crippen LogP contribution in [0, 0.1) is 5.82 Å². The number of halogens is 1. The molecule has 6 heteroatoms. The molecule has 0 aliphatic carbocycles. The number of benzene rings is 2. The number of nitrogens with one attached hydrogen (secondary N) is 1. The van der Waals surface area contributed by atoms with Crippen molar-refractivity contribution in [2.45, 2.75) is 19.3 Å². The molecule has 2 aliphatic rings. The molecule has 2 heterocycles. The van der Waals surface area contributed by atoms with E-state index in [0.29, 0.717) is 12.2 Å². The largest absolute Gasteiger partial charge is 0.370 e. The number of hydrogen-bond donors (Lipinski definition) is 1. The molecule has 2 aromatic rings. The molecule has 154 valence electrons. The molecular weight excluding hydrogens is 367 g/mol. The van der Waals surface area contributed by atoms with Crippen molar-refractivity contribution in [1.82, 2.24) is 4.90 Å². The summed E-state index contributed by atoms with van der Waals surface area (Å²) in [5, 5.41) is 3.11. The van der Waals surface area contributed by atoms with Crippen molar-refractivity contribution in [2.24, 2.45) is 0 Å². The average Bonchev–Trinajstić information content (AvgIpc) is 2.76. The van der Waals surface area contributed by atoms with Gasteiger partial charge < -0.3 is 15.1 Å². The molecule has 1 N–H and O–H groups in total. The Morgan fingerprint density at radius 3 is 2.14 bits per heavy atom. The second kappa shape index (κ2) is 9.27. The Hall–Kier alpha value is -2.60. The van der Waals surface area contributed by atoms with Crippen LogP contribution in [0.15, 0.2) is 48.5 Å². The lowest BCUT2D eigenvalue weighted by Gasteiger charge is -2.36. The predicted molar refractivity (Wildman–Crippen MR) is 116 cm³/mol. The van der Waals surface area contributed by atoms with Gasteiger partial charge in [-0.3, -0.25) is 9.69 Å². The summed E-state index contributed by atoms with van der Waals surface area (Å²) < 4.78 is 14.0. The van der Waals surface area contributed by atoms with Crippen molar-refractivity contribution in [3.8, 4) is 0 Å². The van der Waals surface area contributed by atoms with Gasteiger partial charge in [0.25, 0.3) is 0 Å². The molecule has 0 aromatic heterocycles. The van der Waals surface area contributed by atoms with Gasteiger partial charge in [0.2, 0.25) is 5.91 Å². The number of anilines is 3. The molecule has 5 nitrogen and oxygen atoms in total. The molecule has 2 aromatic carbocycles. The Morgan fingerprint density at radius 1 is 0.793 bits per heavy atom.